The number of carbonyl (C=O) groups excluding carboxylic acids is 1. The Balaban J connectivity index is 1.26. The number of nitrogens with one attached hydrogen (secondary N) is 1. The molecule has 0 saturated carbocycles. The Morgan fingerprint density at radius 1 is 1.36 bits per heavy atom. The van der Waals surface area contributed by atoms with E-state index in [4.69, 9.17) is 4.74 Å². The molecule has 4 aliphatic rings. The van der Waals surface area contributed by atoms with Gasteiger partial charge >= 0.3 is 0 Å². The number of fused-ring (bicyclic) bond motifs is 1. The largest absolute Gasteiger partial charge is 0.369 e. The molecule has 1 aromatic rings. The molecule has 0 aliphatic carbocycles. The molecular weight excluding hydrogens is 352 g/mol. The maximum Gasteiger partial charge on any atom is 0.239 e. The first kappa shape index (κ1) is 18.4. The summed E-state index contributed by atoms with van der Waals surface area (Å²) in [6.07, 6.45) is 6.80. The second kappa shape index (κ2) is 6.70. The Labute approximate surface area is 167 Å². The fourth-order valence-electron chi connectivity index (χ4n) is 6.03. The van der Waals surface area contributed by atoms with Gasteiger partial charge in [0, 0.05) is 37.7 Å². The monoisotopic (exact) mass is 384 g/mol. The highest BCUT2D eigenvalue weighted by Crippen LogP contribution is 2.55. The van der Waals surface area contributed by atoms with Crippen LogP contribution in [0.15, 0.2) is 24.4 Å². The summed E-state index contributed by atoms with van der Waals surface area (Å²) in [5.41, 5.74) is -0.468. The molecule has 0 aromatic carbocycles. The van der Waals surface area contributed by atoms with Gasteiger partial charge < -0.3 is 15.0 Å². The number of ether oxygens (including phenoxy) is 1. The van der Waals surface area contributed by atoms with Crippen LogP contribution in [0.5, 0.6) is 0 Å². The van der Waals surface area contributed by atoms with Crippen molar-refractivity contribution < 1.29 is 9.53 Å². The predicted molar refractivity (Wildman–Crippen MR) is 108 cm³/mol. The number of carbonyl (C=O) groups is 1. The summed E-state index contributed by atoms with van der Waals surface area (Å²) in [4.78, 5) is 22.2. The Morgan fingerprint density at radius 2 is 2.18 bits per heavy atom. The van der Waals surface area contributed by atoms with Crippen LogP contribution in [-0.2, 0) is 9.53 Å². The quantitative estimate of drug-likeness (QED) is 0.842. The van der Waals surface area contributed by atoms with Gasteiger partial charge in [-0.15, -0.1) is 0 Å². The lowest BCUT2D eigenvalue weighted by Crippen LogP contribution is -2.55. The molecule has 5 rings (SSSR count). The maximum atomic E-state index is 13.0. The number of hydrogen-bond donors (Lipinski definition) is 1. The molecule has 0 radical (unpaired) electrons. The highest BCUT2D eigenvalue weighted by Gasteiger charge is 2.63. The summed E-state index contributed by atoms with van der Waals surface area (Å²) in [7, 11) is 0. The molecule has 4 atom stereocenters. The van der Waals surface area contributed by atoms with E-state index in [-0.39, 0.29) is 11.5 Å². The van der Waals surface area contributed by atoms with Crippen LogP contribution in [0.25, 0.3) is 0 Å². The van der Waals surface area contributed by atoms with Gasteiger partial charge in [-0.25, -0.2) is 4.98 Å². The first-order chi connectivity index (χ1) is 13.5. The molecule has 5 heterocycles. The number of rotatable bonds is 5. The van der Waals surface area contributed by atoms with E-state index in [1.807, 2.05) is 18.3 Å². The van der Waals surface area contributed by atoms with Crippen molar-refractivity contribution in [3.05, 3.63) is 24.4 Å². The molecule has 0 unspecified atom stereocenters. The molecule has 6 heteroatoms. The summed E-state index contributed by atoms with van der Waals surface area (Å²) >= 11 is 0. The van der Waals surface area contributed by atoms with Crippen molar-refractivity contribution >= 4 is 11.7 Å². The smallest absolute Gasteiger partial charge is 0.239 e. The zero-order valence-electron chi connectivity index (χ0n) is 17.1. The van der Waals surface area contributed by atoms with Crippen LogP contribution in [0.2, 0.25) is 0 Å². The first-order valence-electron chi connectivity index (χ1n) is 10.9. The Hall–Kier alpha value is -1.66. The Bertz CT molecular complexity index is 733. The number of pyridine rings is 1. The third kappa shape index (κ3) is 2.84. The van der Waals surface area contributed by atoms with Gasteiger partial charge in [0.05, 0.1) is 17.2 Å². The SMILES string of the molecule is CC(C)(C(=O)NC[C@H]1[C@H]2CN(c3ccccn3)C[C@]23CC[C@H]1O3)N1CCCC1. The van der Waals surface area contributed by atoms with Gasteiger partial charge in [-0.3, -0.25) is 9.69 Å². The highest BCUT2D eigenvalue weighted by atomic mass is 16.5. The molecule has 2 bridgehead atoms. The lowest BCUT2D eigenvalue weighted by molar-refractivity contribution is -0.131. The average Bonchev–Trinajstić information content (AvgIpc) is 3.47. The lowest BCUT2D eigenvalue weighted by atomic mass is 9.73. The summed E-state index contributed by atoms with van der Waals surface area (Å²) < 4.78 is 6.53. The van der Waals surface area contributed by atoms with Crippen molar-refractivity contribution in [3.8, 4) is 0 Å². The molecule has 1 aromatic heterocycles. The van der Waals surface area contributed by atoms with E-state index in [1.54, 1.807) is 0 Å². The van der Waals surface area contributed by atoms with E-state index >= 15 is 0 Å². The van der Waals surface area contributed by atoms with Gasteiger partial charge in [0.2, 0.25) is 5.91 Å². The zero-order valence-corrected chi connectivity index (χ0v) is 17.1. The minimum absolute atomic E-state index is 0.0396. The van der Waals surface area contributed by atoms with Crippen molar-refractivity contribution in [2.75, 3.05) is 37.6 Å². The van der Waals surface area contributed by atoms with Crippen molar-refractivity contribution in [2.45, 2.75) is 56.8 Å². The number of likely N-dealkylation sites (tertiary alicyclic amines) is 1. The summed E-state index contributed by atoms with van der Waals surface area (Å²) in [5, 5.41) is 3.30. The van der Waals surface area contributed by atoms with Crippen LogP contribution >= 0.6 is 0 Å². The molecule has 4 saturated heterocycles. The summed E-state index contributed by atoms with van der Waals surface area (Å²) in [6.45, 7) is 8.80. The van der Waals surface area contributed by atoms with Gasteiger partial charge in [0.15, 0.2) is 0 Å². The fourth-order valence-corrected chi connectivity index (χ4v) is 6.03. The Kier molecular flexibility index (Phi) is 4.40. The summed E-state index contributed by atoms with van der Waals surface area (Å²) in [6, 6.07) is 6.09. The van der Waals surface area contributed by atoms with E-state index in [0.29, 0.717) is 17.9 Å². The third-order valence-electron chi connectivity index (χ3n) is 7.71. The normalized spacial score (nSPS) is 34.8. The number of amides is 1. The van der Waals surface area contributed by atoms with Crippen molar-refractivity contribution in [1.82, 2.24) is 15.2 Å². The zero-order chi connectivity index (χ0) is 19.4. The summed E-state index contributed by atoms with van der Waals surface area (Å²) in [5.74, 6) is 2.08. The van der Waals surface area contributed by atoms with Crippen molar-refractivity contribution in [3.63, 3.8) is 0 Å². The van der Waals surface area contributed by atoms with Crippen LogP contribution in [0.4, 0.5) is 5.82 Å². The number of anilines is 1. The molecule has 4 aliphatic heterocycles. The van der Waals surface area contributed by atoms with Gasteiger partial charge in [0.1, 0.15) is 5.82 Å². The Morgan fingerprint density at radius 3 is 2.93 bits per heavy atom. The number of aromatic nitrogens is 1. The van der Waals surface area contributed by atoms with E-state index in [2.05, 4.69) is 40.0 Å². The van der Waals surface area contributed by atoms with E-state index in [0.717, 1.165) is 51.4 Å². The number of nitrogens with zero attached hydrogens (tertiary/aromatic N) is 3. The molecule has 4 fully saturated rings. The predicted octanol–water partition coefficient (Wildman–Crippen LogP) is 2.06. The van der Waals surface area contributed by atoms with Crippen molar-refractivity contribution in [2.24, 2.45) is 11.8 Å². The maximum absolute atomic E-state index is 13.0. The van der Waals surface area contributed by atoms with E-state index < -0.39 is 5.54 Å². The van der Waals surface area contributed by atoms with Gasteiger partial charge in [0.25, 0.3) is 0 Å². The fraction of sp³-hybridized carbons (Fsp3) is 0.727. The topological polar surface area (TPSA) is 57.7 Å². The van der Waals surface area contributed by atoms with Crippen LogP contribution in [0.3, 0.4) is 0 Å². The van der Waals surface area contributed by atoms with Crippen LogP contribution in [0.1, 0.15) is 39.5 Å². The van der Waals surface area contributed by atoms with Gasteiger partial charge in [-0.05, 0) is 64.8 Å². The van der Waals surface area contributed by atoms with Crippen LogP contribution < -0.4 is 10.2 Å². The average molecular weight is 385 g/mol. The molecule has 1 N–H and O–H groups in total. The standard InChI is InChI=1S/C22H32N4O2/c1-21(2,26-11-5-6-12-26)20(27)24-13-16-17-14-25(19-7-3-4-10-23-19)15-22(17)9-8-18(16)28-22/h3-4,7,10,16-18H,5-6,8-9,11-15H2,1-2H3,(H,24,27)/t16-,17+,18+,22+/m0/s1. The minimum Gasteiger partial charge on any atom is -0.369 e. The molecule has 6 nitrogen and oxygen atoms in total. The van der Waals surface area contributed by atoms with Crippen LogP contribution in [-0.4, -0.2) is 65.8 Å². The van der Waals surface area contributed by atoms with Gasteiger partial charge in [-0.2, -0.15) is 0 Å². The first-order valence-corrected chi connectivity index (χ1v) is 10.9. The molecule has 28 heavy (non-hydrogen) atoms. The third-order valence-corrected chi connectivity index (χ3v) is 7.71. The molecule has 152 valence electrons. The number of hydrogen-bond acceptors (Lipinski definition) is 5. The van der Waals surface area contributed by atoms with Crippen molar-refractivity contribution in [1.29, 1.82) is 0 Å². The molecule has 1 spiro atoms. The minimum atomic E-state index is -0.428. The molecular formula is C22H32N4O2. The van der Waals surface area contributed by atoms with Gasteiger partial charge in [-0.1, -0.05) is 6.07 Å². The van der Waals surface area contributed by atoms with Crippen LogP contribution in [0, 0.1) is 11.8 Å². The molecule has 1 amide bonds. The second-order valence-electron chi connectivity index (χ2n) is 9.56. The highest BCUT2D eigenvalue weighted by molar-refractivity contribution is 5.85. The second-order valence-corrected chi connectivity index (χ2v) is 9.56. The van der Waals surface area contributed by atoms with E-state index in [9.17, 15) is 4.79 Å². The lowest BCUT2D eigenvalue weighted by Gasteiger charge is -2.35. The van der Waals surface area contributed by atoms with E-state index in [1.165, 1.54) is 12.8 Å².